The Hall–Kier alpha value is -1.22. The molecule has 0 radical (unpaired) electrons. The van der Waals surface area contributed by atoms with Crippen LogP contribution in [0.2, 0.25) is 0 Å². The van der Waals surface area contributed by atoms with Gasteiger partial charge in [-0.3, -0.25) is 0 Å². The molecule has 1 saturated carbocycles. The third-order valence-electron chi connectivity index (χ3n) is 3.55. The van der Waals surface area contributed by atoms with Crippen LogP contribution in [0.15, 0.2) is 18.2 Å². The Morgan fingerprint density at radius 2 is 2.06 bits per heavy atom. The fourth-order valence-electron chi connectivity index (χ4n) is 2.22. The Morgan fingerprint density at radius 1 is 1.28 bits per heavy atom. The summed E-state index contributed by atoms with van der Waals surface area (Å²) in [6, 6.07) is 6.02. The van der Waals surface area contributed by atoms with Gasteiger partial charge in [-0.1, -0.05) is 19.4 Å². The number of aryl methyl sites for hydroxylation is 1. The van der Waals surface area contributed by atoms with Crippen LogP contribution in [0.3, 0.4) is 0 Å². The smallest absolute Gasteiger partial charge is 0.161 e. The molecule has 1 N–H and O–H groups in total. The van der Waals surface area contributed by atoms with E-state index in [2.05, 4.69) is 13.0 Å². The molecule has 3 nitrogen and oxygen atoms in total. The van der Waals surface area contributed by atoms with E-state index >= 15 is 0 Å². The van der Waals surface area contributed by atoms with Crippen LogP contribution in [0.4, 0.5) is 0 Å². The first-order valence-corrected chi connectivity index (χ1v) is 6.69. The lowest BCUT2D eigenvalue weighted by Crippen LogP contribution is -2.42. The highest BCUT2D eigenvalue weighted by Gasteiger charge is 2.35. The van der Waals surface area contributed by atoms with Crippen molar-refractivity contribution in [2.75, 3.05) is 13.7 Å². The van der Waals surface area contributed by atoms with Gasteiger partial charge in [0.2, 0.25) is 0 Å². The van der Waals surface area contributed by atoms with E-state index in [9.17, 15) is 5.11 Å². The average Bonchev–Trinajstić information content (AvgIpc) is 2.35. The standard InChI is InChI=1S/C15H22O3/c1-3-5-12-6-7-13(17-2)14(10-12)18-11-15(16)8-4-9-15/h6-7,10,16H,3-5,8-9,11H2,1-2H3. The van der Waals surface area contributed by atoms with E-state index in [-0.39, 0.29) is 0 Å². The van der Waals surface area contributed by atoms with Crippen molar-refractivity contribution < 1.29 is 14.6 Å². The molecule has 3 heteroatoms. The van der Waals surface area contributed by atoms with Crippen LogP contribution < -0.4 is 9.47 Å². The predicted octanol–water partition coefficient (Wildman–Crippen LogP) is 2.94. The van der Waals surface area contributed by atoms with E-state index in [1.165, 1.54) is 5.56 Å². The Kier molecular flexibility index (Phi) is 4.12. The van der Waals surface area contributed by atoms with Crippen molar-refractivity contribution >= 4 is 0 Å². The maximum absolute atomic E-state index is 10.0. The summed E-state index contributed by atoms with van der Waals surface area (Å²) in [7, 11) is 1.64. The second-order valence-electron chi connectivity index (χ2n) is 5.10. The molecular formula is C15H22O3. The minimum atomic E-state index is -0.619. The highest BCUT2D eigenvalue weighted by Crippen LogP contribution is 2.34. The van der Waals surface area contributed by atoms with Gasteiger partial charge in [0, 0.05) is 0 Å². The molecule has 0 spiro atoms. The zero-order valence-electron chi connectivity index (χ0n) is 11.2. The van der Waals surface area contributed by atoms with Crippen LogP contribution in [-0.4, -0.2) is 24.4 Å². The SMILES string of the molecule is CCCc1ccc(OC)c(OCC2(O)CCC2)c1. The second kappa shape index (κ2) is 5.61. The minimum absolute atomic E-state index is 0.360. The summed E-state index contributed by atoms with van der Waals surface area (Å²) in [5.74, 6) is 1.47. The Morgan fingerprint density at radius 3 is 2.61 bits per heavy atom. The van der Waals surface area contributed by atoms with Gasteiger partial charge in [-0.2, -0.15) is 0 Å². The first-order chi connectivity index (χ1) is 8.67. The number of benzene rings is 1. The summed E-state index contributed by atoms with van der Waals surface area (Å²) >= 11 is 0. The first kappa shape index (κ1) is 13.2. The van der Waals surface area contributed by atoms with Crippen LogP contribution in [0.5, 0.6) is 11.5 Å². The van der Waals surface area contributed by atoms with Gasteiger partial charge >= 0.3 is 0 Å². The Balaban J connectivity index is 2.06. The van der Waals surface area contributed by atoms with E-state index in [1.54, 1.807) is 7.11 Å². The molecule has 1 aliphatic carbocycles. The summed E-state index contributed by atoms with van der Waals surface area (Å²) in [5, 5.41) is 10.0. The zero-order chi connectivity index (χ0) is 13.0. The maximum atomic E-state index is 10.0. The highest BCUT2D eigenvalue weighted by atomic mass is 16.5. The molecule has 0 aromatic heterocycles. The molecule has 0 saturated heterocycles. The quantitative estimate of drug-likeness (QED) is 0.843. The van der Waals surface area contributed by atoms with E-state index in [4.69, 9.17) is 9.47 Å². The van der Waals surface area contributed by atoms with E-state index in [0.717, 1.165) is 43.6 Å². The second-order valence-corrected chi connectivity index (χ2v) is 5.10. The van der Waals surface area contributed by atoms with Crippen molar-refractivity contribution in [1.82, 2.24) is 0 Å². The van der Waals surface area contributed by atoms with Gasteiger partial charge < -0.3 is 14.6 Å². The molecule has 0 heterocycles. The third-order valence-corrected chi connectivity index (χ3v) is 3.55. The lowest BCUT2D eigenvalue weighted by molar-refractivity contribution is -0.0667. The molecule has 0 amide bonds. The summed E-state index contributed by atoms with van der Waals surface area (Å²) in [6.07, 6.45) is 4.90. The van der Waals surface area contributed by atoms with Gasteiger partial charge in [-0.25, -0.2) is 0 Å². The van der Waals surface area contributed by atoms with E-state index < -0.39 is 5.60 Å². The molecule has 1 fully saturated rings. The fourth-order valence-corrected chi connectivity index (χ4v) is 2.22. The number of aliphatic hydroxyl groups is 1. The first-order valence-electron chi connectivity index (χ1n) is 6.69. The Labute approximate surface area is 109 Å². The normalized spacial score (nSPS) is 17.1. The van der Waals surface area contributed by atoms with Gasteiger partial charge in [0.1, 0.15) is 6.61 Å². The van der Waals surface area contributed by atoms with Crippen LogP contribution in [-0.2, 0) is 6.42 Å². The molecule has 0 bridgehead atoms. The Bertz CT molecular complexity index is 397. The maximum Gasteiger partial charge on any atom is 0.161 e. The lowest BCUT2D eigenvalue weighted by Gasteiger charge is -2.36. The summed E-state index contributed by atoms with van der Waals surface area (Å²) in [6.45, 7) is 2.51. The minimum Gasteiger partial charge on any atom is -0.493 e. The molecule has 2 rings (SSSR count). The zero-order valence-corrected chi connectivity index (χ0v) is 11.2. The highest BCUT2D eigenvalue weighted by molar-refractivity contribution is 5.43. The summed E-state index contributed by atoms with van der Waals surface area (Å²) in [4.78, 5) is 0. The third kappa shape index (κ3) is 2.96. The van der Waals surface area contributed by atoms with Crippen LogP contribution in [0.1, 0.15) is 38.2 Å². The number of hydrogen-bond acceptors (Lipinski definition) is 3. The van der Waals surface area contributed by atoms with E-state index in [1.807, 2.05) is 12.1 Å². The number of rotatable bonds is 6. The largest absolute Gasteiger partial charge is 0.493 e. The molecule has 1 aromatic rings. The average molecular weight is 250 g/mol. The van der Waals surface area contributed by atoms with Crippen LogP contribution in [0.25, 0.3) is 0 Å². The van der Waals surface area contributed by atoms with Crippen LogP contribution >= 0.6 is 0 Å². The van der Waals surface area contributed by atoms with Crippen molar-refractivity contribution in [2.45, 2.75) is 44.6 Å². The summed E-state index contributed by atoms with van der Waals surface area (Å²) < 4.78 is 11.0. The predicted molar refractivity (Wildman–Crippen MR) is 71.3 cm³/mol. The van der Waals surface area contributed by atoms with Crippen molar-refractivity contribution in [3.05, 3.63) is 23.8 Å². The number of ether oxygens (including phenoxy) is 2. The van der Waals surface area contributed by atoms with Gasteiger partial charge in [0.25, 0.3) is 0 Å². The number of methoxy groups -OCH3 is 1. The van der Waals surface area contributed by atoms with Crippen molar-refractivity contribution in [2.24, 2.45) is 0 Å². The topological polar surface area (TPSA) is 38.7 Å². The van der Waals surface area contributed by atoms with Crippen molar-refractivity contribution in [1.29, 1.82) is 0 Å². The van der Waals surface area contributed by atoms with E-state index in [0.29, 0.717) is 6.61 Å². The van der Waals surface area contributed by atoms with Gasteiger partial charge in [0.05, 0.1) is 12.7 Å². The number of hydrogen-bond donors (Lipinski definition) is 1. The molecule has 1 aromatic carbocycles. The molecule has 18 heavy (non-hydrogen) atoms. The molecule has 0 unspecified atom stereocenters. The fraction of sp³-hybridized carbons (Fsp3) is 0.600. The lowest BCUT2D eigenvalue weighted by atomic mass is 9.81. The van der Waals surface area contributed by atoms with Gasteiger partial charge in [-0.15, -0.1) is 0 Å². The van der Waals surface area contributed by atoms with Crippen molar-refractivity contribution in [3.8, 4) is 11.5 Å². The molecule has 0 atom stereocenters. The summed E-state index contributed by atoms with van der Waals surface area (Å²) in [5.41, 5.74) is 0.625. The van der Waals surface area contributed by atoms with Gasteiger partial charge in [0.15, 0.2) is 11.5 Å². The molecule has 0 aliphatic heterocycles. The molecule has 100 valence electrons. The van der Waals surface area contributed by atoms with Crippen molar-refractivity contribution in [3.63, 3.8) is 0 Å². The monoisotopic (exact) mass is 250 g/mol. The molecular weight excluding hydrogens is 228 g/mol. The molecule has 1 aliphatic rings. The van der Waals surface area contributed by atoms with Gasteiger partial charge in [-0.05, 0) is 43.4 Å². The van der Waals surface area contributed by atoms with Crippen LogP contribution in [0, 0.1) is 0 Å².